The first kappa shape index (κ1) is 32.9. The number of ether oxygens (including phenoxy) is 1. The van der Waals surface area contributed by atoms with Gasteiger partial charge in [-0.15, -0.1) is 0 Å². The normalized spacial score (nSPS) is 12.0. The van der Waals surface area contributed by atoms with Crippen molar-refractivity contribution in [3.8, 4) is 0 Å². The third-order valence-electron chi connectivity index (χ3n) is 8.40. The number of fused-ring (bicyclic) bond motifs is 1. The van der Waals surface area contributed by atoms with Gasteiger partial charge in [-0.25, -0.2) is 4.79 Å². The number of carbonyl (C=O) groups excluding carboxylic acids is 2. The minimum Gasteiger partial charge on any atom is -0.462 e. The van der Waals surface area contributed by atoms with Crippen LogP contribution in [0.25, 0.3) is 10.9 Å². The Morgan fingerprint density at radius 3 is 2.41 bits per heavy atom. The summed E-state index contributed by atoms with van der Waals surface area (Å²) in [6.45, 7) is 16.9. The van der Waals surface area contributed by atoms with Crippen LogP contribution >= 0.6 is 0 Å². The molecule has 0 fully saturated rings. The molecule has 0 spiro atoms. The molecule has 0 aliphatic rings. The summed E-state index contributed by atoms with van der Waals surface area (Å²) >= 11 is 0. The Hall–Kier alpha value is -4.02. The fourth-order valence-corrected chi connectivity index (χ4v) is 5.74. The summed E-state index contributed by atoms with van der Waals surface area (Å²) in [4.78, 5) is 27.1. The van der Waals surface area contributed by atoms with Crippen molar-refractivity contribution < 1.29 is 23.2 Å². The van der Waals surface area contributed by atoms with Gasteiger partial charge in [-0.1, -0.05) is 91.7 Å². The van der Waals surface area contributed by atoms with Gasteiger partial charge in [0.05, 0.1) is 7.11 Å². The maximum atomic E-state index is 13.6. The molecule has 0 saturated carbocycles. The summed E-state index contributed by atoms with van der Waals surface area (Å²) < 4.78 is 18.8. The SMILES string of the molecule is C=C(CCO[Si](C)(C)C(C)(C)C)CCC(=O)N(CCc1cn(Cc2ccccc2)c2ccccc12)c1nnc(C(=O)OC)o1. The van der Waals surface area contributed by atoms with E-state index in [1.165, 1.54) is 17.6 Å². The fourth-order valence-electron chi connectivity index (χ4n) is 4.70. The number of hydrogen-bond donors (Lipinski definition) is 0. The van der Waals surface area contributed by atoms with E-state index in [1.807, 2.05) is 30.3 Å². The van der Waals surface area contributed by atoms with E-state index >= 15 is 0 Å². The van der Waals surface area contributed by atoms with E-state index in [0.29, 0.717) is 32.4 Å². The number of rotatable bonds is 14. The number of methoxy groups -OCH3 is 1. The van der Waals surface area contributed by atoms with E-state index in [2.05, 4.69) is 85.7 Å². The first-order valence-electron chi connectivity index (χ1n) is 15.0. The highest BCUT2D eigenvalue weighted by Gasteiger charge is 2.36. The summed E-state index contributed by atoms with van der Waals surface area (Å²) in [5.74, 6) is -1.24. The highest BCUT2D eigenvalue weighted by atomic mass is 28.4. The van der Waals surface area contributed by atoms with Gasteiger partial charge < -0.3 is 18.1 Å². The quantitative estimate of drug-likeness (QED) is 0.0840. The van der Waals surface area contributed by atoms with Crippen molar-refractivity contribution in [2.75, 3.05) is 25.2 Å². The molecule has 4 aromatic rings. The van der Waals surface area contributed by atoms with E-state index in [9.17, 15) is 9.59 Å². The molecule has 10 heteroatoms. The minimum absolute atomic E-state index is 0.0321. The van der Waals surface area contributed by atoms with Gasteiger partial charge in [-0.05, 0) is 54.6 Å². The van der Waals surface area contributed by atoms with Gasteiger partial charge in [-0.2, -0.15) is 0 Å². The van der Waals surface area contributed by atoms with Crippen LogP contribution < -0.4 is 4.90 Å². The topological polar surface area (TPSA) is 99.7 Å². The Balaban J connectivity index is 1.47. The zero-order valence-electron chi connectivity index (χ0n) is 26.8. The summed E-state index contributed by atoms with van der Waals surface area (Å²) in [5.41, 5.74) is 4.36. The van der Waals surface area contributed by atoms with Gasteiger partial charge in [-0.3, -0.25) is 9.69 Å². The average molecular weight is 617 g/mol. The lowest BCUT2D eigenvalue weighted by Gasteiger charge is -2.36. The third kappa shape index (κ3) is 8.12. The van der Waals surface area contributed by atoms with Crippen LogP contribution in [0.2, 0.25) is 18.1 Å². The van der Waals surface area contributed by atoms with Gasteiger partial charge >= 0.3 is 17.9 Å². The molecule has 0 N–H and O–H groups in total. The lowest BCUT2D eigenvalue weighted by molar-refractivity contribution is -0.118. The molecule has 0 bridgehead atoms. The van der Waals surface area contributed by atoms with E-state index < -0.39 is 14.3 Å². The number of esters is 1. The lowest BCUT2D eigenvalue weighted by Crippen LogP contribution is -2.41. The molecule has 44 heavy (non-hydrogen) atoms. The largest absolute Gasteiger partial charge is 0.462 e. The maximum absolute atomic E-state index is 13.6. The molecule has 0 aliphatic heterocycles. The number of hydrogen-bond acceptors (Lipinski definition) is 7. The lowest BCUT2D eigenvalue weighted by atomic mass is 10.1. The molecule has 4 rings (SSSR count). The second kappa shape index (κ2) is 14.2. The monoisotopic (exact) mass is 616 g/mol. The molecule has 0 radical (unpaired) electrons. The van der Waals surface area contributed by atoms with Crippen LogP contribution in [-0.4, -0.2) is 55.2 Å². The van der Waals surface area contributed by atoms with E-state index in [0.717, 1.165) is 28.6 Å². The zero-order chi connectivity index (χ0) is 31.9. The molecule has 0 saturated heterocycles. The predicted molar refractivity (Wildman–Crippen MR) is 175 cm³/mol. The van der Waals surface area contributed by atoms with Gasteiger partial charge in [0.1, 0.15) is 0 Å². The molecule has 1 amide bonds. The Bertz CT molecular complexity index is 1590. The number of nitrogens with zero attached hydrogens (tertiary/aromatic N) is 4. The number of benzene rings is 2. The number of carbonyl (C=O) groups is 2. The minimum atomic E-state index is -1.86. The molecule has 2 heterocycles. The molecule has 2 aromatic carbocycles. The molecule has 2 aromatic heterocycles. The van der Waals surface area contributed by atoms with Crippen LogP contribution in [0.3, 0.4) is 0 Å². The average Bonchev–Trinajstić information content (AvgIpc) is 3.61. The highest BCUT2D eigenvalue weighted by Crippen LogP contribution is 2.36. The molecule has 234 valence electrons. The molecular formula is C34H44N4O5Si. The first-order chi connectivity index (χ1) is 20.9. The summed E-state index contributed by atoms with van der Waals surface area (Å²) in [7, 11) is -0.618. The summed E-state index contributed by atoms with van der Waals surface area (Å²) in [6.07, 6.45) is 4.09. The van der Waals surface area contributed by atoms with Gasteiger partial charge in [0.25, 0.3) is 0 Å². The second-order valence-corrected chi connectivity index (χ2v) is 17.4. The Morgan fingerprint density at radius 2 is 1.70 bits per heavy atom. The van der Waals surface area contributed by atoms with Crippen LogP contribution in [0.15, 0.2) is 77.4 Å². The van der Waals surface area contributed by atoms with Crippen molar-refractivity contribution in [3.05, 3.63) is 90.0 Å². The van der Waals surface area contributed by atoms with Crippen molar-refractivity contribution in [2.24, 2.45) is 0 Å². The Labute approximate surface area is 261 Å². The number of para-hydroxylation sites is 1. The smallest absolute Gasteiger partial charge is 0.396 e. The van der Waals surface area contributed by atoms with Crippen molar-refractivity contribution in [2.45, 2.75) is 71.1 Å². The van der Waals surface area contributed by atoms with Crippen LogP contribution in [-0.2, 0) is 26.9 Å². The fraction of sp³-hybridized carbons (Fsp3) is 0.412. The standard InChI is InChI=1S/C34H44N4O5Si/c1-25(20-22-42-44(6,7)34(2,3)4)17-18-30(39)38(33-36-35-31(43-33)32(40)41-5)21-19-27-24-37(23-26-13-9-8-10-14-26)29-16-12-11-15-28(27)29/h8-16,24H,1,17-23H2,2-7H3. The highest BCUT2D eigenvalue weighted by molar-refractivity contribution is 6.74. The van der Waals surface area contributed by atoms with Gasteiger partial charge in [0.15, 0.2) is 8.32 Å². The second-order valence-electron chi connectivity index (χ2n) is 12.6. The molecule has 0 atom stereocenters. The Morgan fingerprint density at radius 1 is 1.00 bits per heavy atom. The maximum Gasteiger partial charge on any atom is 0.396 e. The number of amides is 1. The van der Waals surface area contributed by atoms with Crippen molar-refractivity contribution in [1.29, 1.82) is 0 Å². The van der Waals surface area contributed by atoms with Gasteiger partial charge in [0, 0.05) is 43.2 Å². The molecular weight excluding hydrogens is 572 g/mol. The van der Waals surface area contributed by atoms with Crippen LogP contribution in [0, 0.1) is 0 Å². The number of aromatic nitrogens is 3. The molecule has 9 nitrogen and oxygen atoms in total. The predicted octanol–water partition coefficient (Wildman–Crippen LogP) is 7.18. The number of anilines is 1. The van der Waals surface area contributed by atoms with Crippen molar-refractivity contribution in [3.63, 3.8) is 0 Å². The molecule has 0 unspecified atom stereocenters. The van der Waals surface area contributed by atoms with Crippen LogP contribution in [0.4, 0.5) is 6.01 Å². The van der Waals surface area contributed by atoms with E-state index in [4.69, 9.17) is 13.6 Å². The van der Waals surface area contributed by atoms with E-state index in [-0.39, 0.29) is 29.3 Å². The van der Waals surface area contributed by atoms with Gasteiger partial charge in [0.2, 0.25) is 5.91 Å². The summed E-state index contributed by atoms with van der Waals surface area (Å²) in [6, 6.07) is 18.5. The summed E-state index contributed by atoms with van der Waals surface area (Å²) in [5, 5.41) is 9.07. The van der Waals surface area contributed by atoms with E-state index in [1.54, 1.807) is 0 Å². The Kier molecular flexibility index (Phi) is 10.6. The first-order valence-corrected chi connectivity index (χ1v) is 17.9. The van der Waals surface area contributed by atoms with Crippen LogP contribution in [0.5, 0.6) is 0 Å². The van der Waals surface area contributed by atoms with Crippen LogP contribution in [0.1, 0.15) is 61.8 Å². The zero-order valence-corrected chi connectivity index (χ0v) is 27.8. The molecule has 0 aliphatic carbocycles. The third-order valence-corrected chi connectivity index (χ3v) is 12.9. The van der Waals surface area contributed by atoms with Crippen molar-refractivity contribution in [1.82, 2.24) is 14.8 Å². The van der Waals surface area contributed by atoms with Crippen molar-refractivity contribution >= 4 is 37.1 Å².